The van der Waals surface area contributed by atoms with E-state index >= 15 is 0 Å². The minimum absolute atomic E-state index is 0.0794. The van der Waals surface area contributed by atoms with Crippen LogP contribution in [0.15, 0.2) is 70.7 Å². The highest BCUT2D eigenvalue weighted by Crippen LogP contribution is 2.26. The van der Waals surface area contributed by atoms with E-state index in [2.05, 4.69) is 5.32 Å². The van der Waals surface area contributed by atoms with Gasteiger partial charge >= 0.3 is 0 Å². The molecular weight excluding hydrogens is 372 g/mol. The Hall–Kier alpha value is -4.69. The number of nitrogens with zero attached hydrogens (tertiary/aromatic N) is 3. The fraction of sp³-hybridized carbons (Fsp3) is 0. The zero-order valence-electron chi connectivity index (χ0n) is 14.8. The van der Waals surface area contributed by atoms with Gasteiger partial charge in [0.1, 0.15) is 29.2 Å². The van der Waals surface area contributed by atoms with Gasteiger partial charge in [-0.15, -0.1) is 0 Å². The number of hydrogen-bond acceptors (Lipinski definition) is 6. The Morgan fingerprint density at radius 2 is 1.90 bits per heavy atom. The van der Waals surface area contributed by atoms with Gasteiger partial charge in [0.15, 0.2) is 0 Å². The van der Waals surface area contributed by atoms with E-state index in [1.54, 1.807) is 48.5 Å². The number of nitro groups is 1. The van der Waals surface area contributed by atoms with E-state index in [1.165, 1.54) is 24.3 Å². The van der Waals surface area contributed by atoms with Crippen LogP contribution in [0.1, 0.15) is 11.3 Å². The first kappa shape index (κ1) is 19.1. The first-order valence-corrected chi connectivity index (χ1v) is 8.29. The number of carbonyl (C=O) groups is 1. The van der Waals surface area contributed by atoms with Crippen LogP contribution in [0.4, 0.5) is 11.4 Å². The van der Waals surface area contributed by atoms with Crippen LogP contribution in [0.5, 0.6) is 0 Å². The number of nitro benzene ring substituents is 1. The van der Waals surface area contributed by atoms with Crippen molar-refractivity contribution in [3.63, 3.8) is 0 Å². The molecule has 0 aliphatic heterocycles. The molecular formula is C21H12N4O4. The molecule has 0 saturated heterocycles. The van der Waals surface area contributed by atoms with Gasteiger partial charge in [0.2, 0.25) is 0 Å². The molecule has 0 spiro atoms. The van der Waals surface area contributed by atoms with E-state index < -0.39 is 10.8 Å². The third-order valence-electron chi connectivity index (χ3n) is 3.92. The molecule has 140 valence electrons. The molecule has 3 rings (SSSR count). The highest BCUT2D eigenvalue weighted by molar-refractivity contribution is 6.10. The summed E-state index contributed by atoms with van der Waals surface area (Å²) in [6, 6.07) is 19.2. The smallest absolute Gasteiger partial charge is 0.270 e. The van der Waals surface area contributed by atoms with Crippen molar-refractivity contribution in [1.29, 1.82) is 10.5 Å². The normalized spacial score (nSPS) is 10.6. The van der Waals surface area contributed by atoms with Crippen LogP contribution in [0.2, 0.25) is 0 Å². The molecule has 1 aromatic heterocycles. The van der Waals surface area contributed by atoms with Crippen molar-refractivity contribution in [2.75, 3.05) is 5.32 Å². The Kier molecular flexibility index (Phi) is 5.48. The van der Waals surface area contributed by atoms with E-state index in [-0.39, 0.29) is 28.3 Å². The summed E-state index contributed by atoms with van der Waals surface area (Å²) in [6.45, 7) is 0. The van der Waals surface area contributed by atoms with Gasteiger partial charge in [0.25, 0.3) is 11.6 Å². The van der Waals surface area contributed by atoms with Gasteiger partial charge in [0, 0.05) is 23.8 Å². The van der Waals surface area contributed by atoms with Crippen molar-refractivity contribution in [2.45, 2.75) is 0 Å². The lowest BCUT2D eigenvalue weighted by Gasteiger charge is -2.05. The second-order valence-electron chi connectivity index (χ2n) is 5.79. The van der Waals surface area contributed by atoms with Gasteiger partial charge in [-0.1, -0.05) is 24.3 Å². The molecule has 0 aliphatic carbocycles. The van der Waals surface area contributed by atoms with Crippen LogP contribution in [-0.4, -0.2) is 10.8 Å². The molecule has 0 fully saturated rings. The summed E-state index contributed by atoms with van der Waals surface area (Å²) in [6.07, 6.45) is 1.26. The lowest BCUT2D eigenvalue weighted by molar-refractivity contribution is -0.384. The Labute approximate surface area is 165 Å². The van der Waals surface area contributed by atoms with E-state index in [9.17, 15) is 20.2 Å². The number of non-ortho nitro benzene ring substituents is 1. The van der Waals surface area contributed by atoms with Crippen LogP contribution < -0.4 is 5.32 Å². The summed E-state index contributed by atoms with van der Waals surface area (Å²) in [7, 11) is 0. The molecule has 3 aromatic rings. The van der Waals surface area contributed by atoms with Crippen molar-refractivity contribution >= 4 is 23.4 Å². The van der Waals surface area contributed by atoms with E-state index in [1.807, 2.05) is 6.07 Å². The summed E-state index contributed by atoms with van der Waals surface area (Å²) in [5, 5.41) is 31.8. The maximum absolute atomic E-state index is 12.4. The summed E-state index contributed by atoms with van der Waals surface area (Å²) in [5.74, 6) is -0.109. The van der Waals surface area contributed by atoms with Crippen molar-refractivity contribution in [2.24, 2.45) is 0 Å². The Morgan fingerprint density at radius 1 is 1.10 bits per heavy atom. The van der Waals surface area contributed by atoms with Gasteiger partial charge in [-0.3, -0.25) is 14.9 Å². The number of para-hydroxylation sites is 1. The van der Waals surface area contributed by atoms with Crippen LogP contribution in [0.25, 0.3) is 17.4 Å². The van der Waals surface area contributed by atoms with Crippen molar-refractivity contribution < 1.29 is 14.1 Å². The molecule has 0 radical (unpaired) electrons. The maximum atomic E-state index is 12.4. The zero-order chi connectivity index (χ0) is 20.8. The number of nitriles is 2. The van der Waals surface area contributed by atoms with Gasteiger partial charge in [0.05, 0.1) is 16.2 Å². The summed E-state index contributed by atoms with van der Waals surface area (Å²) in [4.78, 5) is 22.8. The van der Waals surface area contributed by atoms with Crippen molar-refractivity contribution in [3.05, 3.63) is 87.7 Å². The maximum Gasteiger partial charge on any atom is 0.270 e. The number of carbonyl (C=O) groups excluding carboxylic acids is 1. The molecule has 1 N–H and O–H groups in total. The van der Waals surface area contributed by atoms with Crippen LogP contribution in [0.3, 0.4) is 0 Å². The monoisotopic (exact) mass is 384 g/mol. The number of benzene rings is 2. The molecule has 1 heterocycles. The number of furan rings is 1. The fourth-order valence-corrected chi connectivity index (χ4v) is 2.53. The molecule has 0 atom stereocenters. The average Bonchev–Trinajstić information content (AvgIpc) is 3.21. The topological polar surface area (TPSA) is 133 Å². The zero-order valence-corrected chi connectivity index (χ0v) is 14.8. The summed E-state index contributed by atoms with van der Waals surface area (Å²) < 4.78 is 5.60. The molecule has 0 saturated carbocycles. The van der Waals surface area contributed by atoms with Crippen molar-refractivity contribution in [3.8, 4) is 23.5 Å². The van der Waals surface area contributed by atoms with Crippen LogP contribution >= 0.6 is 0 Å². The Bertz CT molecular complexity index is 1210. The predicted octanol–water partition coefficient (Wildman–Crippen LogP) is 4.27. The first-order chi connectivity index (χ1) is 14.0. The number of rotatable bonds is 5. The first-order valence-electron chi connectivity index (χ1n) is 8.29. The largest absolute Gasteiger partial charge is 0.457 e. The molecule has 8 nitrogen and oxygen atoms in total. The predicted molar refractivity (Wildman–Crippen MR) is 104 cm³/mol. The van der Waals surface area contributed by atoms with Crippen molar-refractivity contribution in [1.82, 2.24) is 0 Å². The second-order valence-corrected chi connectivity index (χ2v) is 5.79. The third kappa shape index (κ3) is 4.35. The minimum atomic E-state index is -0.691. The lowest BCUT2D eigenvalue weighted by atomic mass is 10.1. The molecule has 2 aromatic carbocycles. The van der Waals surface area contributed by atoms with Crippen LogP contribution in [-0.2, 0) is 4.79 Å². The Morgan fingerprint density at radius 3 is 2.62 bits per heavy atom. The number of nitrogens with one attached hydrogen (secondary N) is 1. The third-order valence-corrected chi connectivity index (χ3v) is 3.92. The number of hydrogen-bond donors (Lipinski definition) is 1. The number of anilines is 1. The SMILES string of the molecule is N#C/C(=C\c1ccc(-c2cccc([N+](=O)[O-])c2)o1)C(=O)Nc1ccccc1C#N. The highest BCUT2D eigenvalue weighted by Gasteiger charge is 2.14. The molecule has 8 heteroatoms. The minimum Gasteiger partial charge on any atom is -0.457 e. The van der Waals surface area contributed by atoms with E-state index in [0.29, 0.717) is 11.3 Å². The molecule has 0 aliphatic rings. The van der Waals surface area contributed by atoms with Gasteiger partial charge in [-0.2, -0.15) is 10.5 Å². The summed E-state index contributed by atoms with van der Waals surface area (Å²) >= 11 is 0. The molecule has 29 heavy (non-hydrogen) atoms. The Balaban J connectivity index is 1.84. The molecule has 1 amide bonds. The standard InChI is InChI=1S/C21H12N4O4/c22-12-15-4-1-2-7-19(15)24-21(26)16(13-23)11-18-8-9-20(29-18)14-5-3-6-17(10-14)25(27)28/h1-11H,(H,24,26)/b16-11+. The lowest BCUT2D eigenvalue weighted by Crippen LogP contribution is -2.14. The van der Waals surface area contributed by atoms with E-state index in [4.69, 9.17) is 9.68 Å². The quantitative estimate of drug-likeness (QED) is 0.302. The highest BCUT2D eigenvalue weighted by atomic mass is 16.6. The van der Waals surface area contributed by atoms with Gasteiger partial charge in [-0.25, -0.2) is 0 Å². The molecule has 0 unspecified atom stereocenters. The van der Waals surface area contributed by atoms with Crippen LogP contribution in [0, 0.1) is 32.8 Å². The van der Waals surface area contributed by atoms with Gasteiger partial charge < -0.3 is 9.73 Å². The fourth-order valence-electron chi connectivity index (χ4n) is 2.53. The van der Waals surface area contributed by atoms with Gasteiger partial charge in [-0.05, 0) is 24.3 Å². The number of amides is 1. The summed E-state index contributed by atoms with van der Waals surface area (Å²) in [5.41, 5.74) is 0.744. The second kappa shape index (κ2) is 8.33. The van der Waals surface area contributed by atoms with E-state index in [0.717, 1.165) is 0 Å². The average molecular weight is 384 g/mol. The molecule has 0 bridgehead atoms.